The molecule has 0 saturated carbocycles. The van der Waals surface area contributed by atoms with Crippen molar-refractivity contribution in [3.63, 3.8) is 0 Å². The van der Waals surface area contributed by atoms with Gasteiger partial charge in [0.1, 0.15) is 5.78 Å². The van der Waals surface area contributed by atoms with E-state index < -0.39 is 23.8 Å². The smallest absolute Gasteiger partial charge is 0.310 e. The lowest BCUT2D eigenvalue weighted by atomic mass is 9.89. The fourth-order valence-electron chi connectivity index (χ4n) is 1.46. The molecule has 5 heteroatoms. The van der Waals surface area contributed by atoms with Crippen molar-refractivity contribution < 1.29 is 23.9 Å². The number of rotatable bonds is 7. The first-order chi connectivity index (χ1) is 7.93. The summed E-state index contributed by atoms with van der Waals surface area (Å²) in [7, 11) is 0. The number of ether oxygens (including phenoxy) is 2. The minimum absolute atomic E-state index is 0.00118. The van der Waals surface area contributed by atoms with Crippen molar-refractivity contribution >= 4 is 17.7 Å². The number of ketones is 1. The molecule has 17 heavy (non-hydrogen) atoms. The summed E-state index contributed by atoms with van der Waals surface area (Å²) in [5.74, 6) is -2.58. The SMILES string of the molecule is CCOC(=O)C(C)C(CC(C)=O)C(=O)OCC. The maximum Gasteiger partial charge on any atom is 0.310 e. The number of carbonyl (C=O) groups is 3. The van der Waals surface area contributed by atoms with Gasteiger partial charge < -0.3 is 14.3 Å². The Kier molecular flexibility index (Phi) is 7.18. The molecule has 0 aliphatic rings. The Bertz CT molecular complexity index is 285. The molecule has 0 spiro atoms. The molecule has 0 aromatic rings. The molecule has 0 aromatic carbocycles. The molecule has 2 unspecified atom stereocenters. The molecule has 0 aromatic heterocycles. The maximum absolute atomic E-state index is 11.6. The van der Waals surface area contributed by atoms with E-state index in [9.17, 15) is 14.4 Å². The normalized spacial score (nSPS) is 13.6. The second-order valence-electron chi connectivity index (χ2n) is 3.81. The summed E-state index contributed by atoms with van der Waals surface area (Å²) in [6.45, 7) is 6.79. The van der Waals surface area contributed by atoms with Gasteiger partial charge in [-0.25, -0.2) is 0 Å². The zero-order valence-corrected chi connectivity index (χ0v) is 10.8. The fourth-order valence-corrected chi connectivity index (χ4v) is 1.46. The van der Waals surface area contributed by atoms with E-state index in [0.717, 1.165) is 0 Å². The molecule has 5 nitrogen and oxygen atoms in total. The average molecular weight is 244 g/mol. The van der Waals surface area contributed by atoms with Crippen molar-refractivity contribution in [1.29, 1.82) is 0 Å². The van der Waals surface area contributed by atoms with Gasteiger partial charge in [-0.05, 0) is 20.8 Å². The number of Topliss-reactive ketones (excluding diaryl/α,β-unsaturated/α-hetero) is 1. The predicted molar refractivity (Wildman–Crippen MR) is 61.2 cm³/mol. The summed E-state index contributed by atoms with van der Waals surface area (Å²) in [6, 6.07) is 0. The maximum atomic E-state index is 11.6. The fraction of sp³-hybridized carbons (Fsp3) is 0.750. The van der Waals surface area contributed by atoms with E-state index in [-0.39, 0.29) is 25.4 Å². The lowest BCUT2D eigenvalue weighted by Crippen LogP contribution is -2.32. The summed E-state index contributed by atoms with van der Waals surface area (Å²) in [4.78, 5) is 34.3. The van der Waals surface area contributed by atoms with Gasteiger partial charge in [-0.3, -0.25) is 9.59 Å². The van der Waals surface area contributed by atoms with Crippen LogP contribution in [0.15, 0.2) is 0 Å². The Morgan fingerprint density at radius 3 is 1.88 bits per heavy atom. The highest BCUT2D eigenvalue weighted by molar-refractivity contribution is 5.87. The van der Waals surface area contributed by atoms with Crippen molar-refractivity contribution in [1.82, 2.24) is 0 Å². The zero-order chi connectivity index (χ0) is 13.4. The Balaban J connectivity index is 4.71. The molecular formula is C12H20O5. The second-order valence-corrected chi connectivity index (χ2v) is 3.81. The van der Waals surface area contributed by atoms with E-state index >= 15 is 0 Å². The molecule has 0 amide bonds. The largest absolute Gasteiger partial charge is 0.466 e. The lowest BCUT2D eigenvalue weighted by Gasteiger charge is -2.19. The summed E-state index contributed by atoms with van der Waals surface area (Å²) in [5.41, 5.74) is 0. The Morgan fingerprint density at radius 2 is 1.47 bits per heavy atom. The van der Waals surface area contributed by atoms with Gasteiger partial charge in [0, 0.05) is 6.42 Å². The van der Waals surface area contributed by atoms with Crippen LogP contribution in [0.3, 0.4) is 0 Å². The number of carbonyl (C=O) groups excluding carboxylic acids is 3. The molecule has 98 valence electrons. The molecule has 0 rings (SSSR count). The van der Waals surface area contributed by atoms with Crippen molar-refractivity contribution in [2.45, 2.75) is 34.1 Å². The summed E-state index contributed by atoms with van der Waals surface area (Å²) >= 11 is 0. The standard InChI is InChI=1S/C12H20O5/c1-5-16-11(14)9(4)10(7-8(3)13)12(15)17-6-2/h9-10H,5-7H2,1-4H3. The van der Waals surface area contributed by atoms with E-state index in [0.29, 0.717) is 0 Å². The Labute approximate surface area is 101 Å². The van der Waals surface area contributed by atoms with Gasteiger partial charge in [0.2, 0.25) is 0 Å². The van der Waals surface area contributed by atoms with Crippen LogP contribution in [0.5, 0.6) is 0 Å². The molecule has 2 atom stereocenters. The summed E-state index contributed by atoms with van der Waals surface area (Å²) in [6.07, 6.45) is -0.00118. The third-order valence-electron chi connectivity index (χ3n) is 2.36. The minimum atomic E-state index is -0.758. The first-order valence-electron chi connectivity index (χ1n) is 5.76. The van der Waals surface area contributed by atoms with Crippen LogP contribution in [0.4, 0.5) is 0 Å². The van der Waals surface area contributed by atoms with Crippen molar-refractivity contribution in [3.8, 4) is 0 Å². The summed E-state index contributed by atoms with van der Waals surface area (Å²) in [5, 5.41) is 0. The molecule has 0 aliphatic heterocycles. The predicted octanol–water partition coefficient (Wildman–Crippen LogP) is 1.34. The number of hydrogen-bond donors (Lipinski definition) is 0. The molecule has 0 N–H and O–H groups in total. The van der Waals surface area contributed by atoms with Crippen LogP contribution in [0.2, 0.25) is 0 Å². The van der Waals surface area contributed by atoms with E-state index in [1.54, 1.807) is 20.8 Å². The van der Waals surface area contributed by atoms with Gasteiger partial charge in [0.05, 0.1) is 25.0 Å². The Hall–Kier alpha value is -1.39. The average Bonchev–Trinajstić information content (AvgIpc) is 2.25. The molecule has 0 saturated heterocycles. The first kappa shape index (κ1) is 15.6. The highest BCUT2D eigenvalue weighted by Gasteiger charge is 2.33. The third kappa shape index (κ3) is 5.47. The highest BCUT2D eigenvalue weighted by Crippen LogP contribution is 2.19. The van der Waals surface area contributed by atoms with E-state index in [2.05, 4.69) is 0 Å². The van der Waals surface area contributed by atoms with Crippen molar-refractivity contribution in [2.75, 3.05) is 13.2 Å². The van der Waals surface area contributed by atoms with Crippen LogP contribution in [0, 0.1) is 11.8 Å². The van der Waals surface area contributed by atoms with E-state index in [1.807, 2.05) is 0 Å². The molecule has 0 aliphatic carbocycles. The quantitative estimate of drug-likeness (QED) is 0.632. The molecule has 0 heterocycles. The molecule has 0 bridgehead atoms. The van der Waals surface area contributed by atoms with Crippen molar-refractivity contribution in [2.24, 2.45) is 11.8 Å². The van der Waals surface area contributed by atoms with Gasteiger partial charge in [-0.2, -0.15) is 0 Å². The van der Waals surface area contributed by atoms with Gasteiger partial charge in [-0.15, -0.1) is 0 Å². The van der Waals surface area contributed by atoms with Crippen LogP contribution in [-0.2, 0) is 23.9 Å². The second kappa shape index (κ2) is 7.81. The zero-order valence-electron chi connectivity index (χ0n) is 10.8. The molecule has 0 radical (unpaired) electrons. The van der Waals surface area contributed by atoms with Crippen LogP contribution in [-0.4, -0.2) is 30.9 Å². The Morgan fingerprint density at radius 1 is 1.00 bits per heavy atom. The van der Waals surface area contributed by atoms with Crippen molar-refractivity contribution in [3.05, 3.63) is 0 Å². The van der Waals surface area contributed by atoms with Crippen LogP contribution in [0.1, 0.15) is 34.1 Å². The van der Waals surface area contributed by atoms with Gasteiger partial charge in [0.25, 0.3) is 0 Å². The topological polar surface area (TPSA) is 69.7 Å². The first-order valence-corrected chi connectivity index (χ1v) is 5.76. The monoisotopic (exact) mass is 244 g/mol. The molecule has 0 fully saturated rings. The number of hydrogen-bond acceptors (Lipinski definition) is 5. The van der Waals surface area contributed by atoms with E-state index in [1.165, 1.54) is 6.92 Å². The molecular weight excluding hydrogens is 224 g/mol. The lowest BCUT2D eigenvalue weighted by molar-refractivity contribution is -0.160. The van der Waals surface area contributed by atoms with Gasteiger partial charge in [0.15, 0.2) is 0 Å². The van der Waals surface area contributed by atoms with Crippen LogP contribution >= 0.6 is 0 Å². The summed E-state index contributed by atoms with van der Waals surface area (Å²) < 4.78 is 9.69. The highest BCUT2D eigenvalue weighted by atomic mass is 16.5. The van der Waals surface area contributed by atoms with Crippen LogP contribution < -0.4 is 0 Å². The van der Waals surface area contributed by atoms with E-state index in [4.69, 9.17) is 9.47 Å². The third-order valence-corrected chi connectivity index (χ3v) is 2.36. The van der Waals surface area contributed by atoms with Gasteiger partial charge in [-0.1, -0.05) is 6.92 Å². The minimum Gasteiger partial charge on any atom is -0.466 e. The van der Waals surface area contributed by atoms with Crippen LogP contribution in [0.25, 0.3) is 0 Å². The van der Waals surface area contributed by atoms with Gasteiger partial charge >= 0.3 is 11.9 Å². The number of esters is 2.